The lowest BCUT2D eigenvalue weighted by Gasteiger charge is -2.30. The van der Waals surface area contributed by atoms with Gasteiger partial charge in [-0.2, -0.15) is 0 Å². The van der Waals surface area contributed by atoms with Gasteiger partial charge in [0.1, 0.15) is 30.6 Å². The first-order valence-electron chi connectivity index (χ1n) is 11.3. The highest BCUT2D eigenvalue weighted by atomic mass is 32.5. The normalized spacial score (nSPS) is 26.0. The van der Waals surface area contributed by atoms with Crippen LogP contribution in [0.25, 0.3) is 0 Å². The number of aromatic nitrogens is 2. The molecule has 1 aliphatic heterocycles. The molecule has 0 saturated carbocycles. The molecule has 1 aromatic heterocycles. The van der Waals surface area contributed by atoms with Gasteiger partial charge in [-0.1, -0.05) is 18.2 Å². The predicted octanol–water partition coefficient (Wildman–Crippen LogP) is 1.55. The fourth-order valence-corrected chi connectivity index (χ4v) is 5.77. The number of ether oxygens (including phenoxy) is 2. The number of hydrogen-bond donors (Lipinski definition) is 3. The molecule has 0 unspecified atom stereocenters. The van der Waals surface area contributed by atoms with Crippen molar-refractivity contribution in [3.63, 3.8) is 0 Å². The Bertz CT molecular complexity index is 1250. The maximum absolute atomic E-state index is 15.6. The van der Waals surface area contributed by atoms with Crippen LogP contribution in [0.3, 0.4) is 0 Å². The largest absolute Gasteiger partial charge is 0.462 e. The lowest BCUT2D eigenvalue weighted by Crippen LogP contribution is -2.43. The van der Waals surface area contributed by atoms with Crippen molar-refractivity contribution in [3.8, 4) is 5.75 Å². The molecule has 0 bridgehead atoms. The van der Waals surface area contributed by atoms with Crippen LogP contribution in [-0.2, 0) is 37.1 Å². The van der Waals surface area contributed by atoms with E-state index in [-0.39, 0.29) is 5.75 Å². The molecule has 0 amide bonds. The summed E-state index contributed by atoms with van der Waals surface area (Å²) in [5.41, 5.74) is -1.52. The number of esters is 1. The van der Waals surface area contributed by atoms with Crippen LogP contribution in [-0.4, -0.2) is 63.6 Å². The summed E-state index contributed by atoms with van der Waals surface area (Å²) < 4.78 is 52.9. The molecule has 0 spiro atoms. The highest BCUT2D eigenvalue weighted by molar-refractivity contribution is 8.09. The van der Waals surface area contributed by atoms with Crippen LogP contribution >= 0.6 is 6.64 Å². The van der Waals surface area contributed by atoms with Crippen LogP contribution in [0, 0.1) is 0 Å². The summed E-state index contributed by atoms with van der Waals surface area (Å²) in [6, 6.07) is 8.17. The van der Waals surface area contributed by atoms with Crippen LogP contribution in [0.2, 0.25) is 0 Å². The Balaban J connectivity index is 1.76. The predicted molar refractivity (Wildman–Crippen MR) is 132 cm³/mol. The molecule has 1 fully saturated rings. The fourth-order valence-electron chi connectivity index (χ4n) is 3.37. The number of H-pyrrole nitrogens is 1. The van der Waals surface area contributed by atoms with Crippen LogP contribution in [0.1, 0.15) is 20.8 Å². The number of halogens is 2. The Hall–Kier alpha value is -2.48. The van der Waals surface area contributed by atoms with Crippen LogP contribution in [0.4, 0.5) is 8.78 Å². The number of benzene rings is 1. The minimum Gasteiger partial charge on any atom is -0.462 e. The summed E-state index contributed by atoms with van der Waals surface area (Å²) in [6.07, 6.45) is -5.44. The number of aliphatic hydroxyl groups excluding tert-OH is 1. The number of aromatic amines is 1. The lowest BCUT2D eigenvalue weighted by molar-refractivity contribution is -0.192. The molecule has 37 heavy (non-hydrogen) atoms. The quantitative estimate of drug-likeness (QED) is 0.272. The van der Waals surface area contributed by atoms with Crippen molar-refractivity contribution < 1.29 is 37.2 Å². The van der Waals surface area contributed by atoms with Crippen molar-refractivity contribution in [1.82, 2.24) is 14.6 Å². The highest BCUT2D eigenvalue weighted by Crippen LogP contribution is 2.48. The van der Waals surface area contributed by atoms with E-state index >= 15 is 4.39 Å². The second-order valence-electron chi connectivity index (χ2n) is 8.61. The van der Waals surface area contributed by atoms with Gasteiger partial charge in [-0.3, -0.25) is 19.1 Å². The number of carbonyl (C=O) groups excluding carboxylic acids is 1. The van der Waals surface area contributed by atoms with Gasteiger partial charge in [-0.15, -0.1) is 0 Å². The van der Waals surface area contributed by atoms with Gasteiger partial charge < -0.3 is 23.6 Å². The zero-order chi connectivity index (χ0) is 27.4. The minimum absolute atomic E-state index is 0.252. The lowest BCUT2D eigenvalue weighted by atomic mass is 10.1. The van der Waals surface area contributed by atoms with Crippen molar-refractivity contribution in [2.24, 2.45) is 0 Å². The Morgan fingerprint density at radius 1 is 1.30 bits per heavy atom. The number of hydrogen-bond acceptors (Lipinski definition) is 9. The number of aliphatic hydroxyl groups is 1. The average molecular weight is 564 g/mol. The molecule has 15 heteroatoms. The molecule has 0 aliphatic carbocycles. The van der Waals surface area contributed by atoms with E-state index in [1.807, 2.05) is 4.98 Å². The molecule has 0 radical (unpaired) electrons. The van der Waals surface area contributed by atoms with E-state index in [1.165, 1.54) is 6.92 Å². The zero-order valence-electron chi connectivity index (χ0n) is 20.2. The molecular weight excluding hydrogens is 535 g/mol. The monoisotopic (exact) mass is 563 g/mol. The molecule has 1 aliphatic rings. The summed E-state index contributed by atoms with van der Waals surface area (Å²) in [5, 5.41) is 13.0. The van der Waals surface area contributed by atoms with Crippen molar-refractivity contribution >= 4 is 24.4 Å². The third kappa shape index (κ3) is 7.53. The molecule has 3 N–H and O–H groups in total. The summed E-state index contributed by atoms with van der Waals surface area (Å²) in [5.74, 6) is -3.47. The van der Waals surface area contributed by atoms with Gasteiger partial charge in [0.2, 0.25) is 0 Å². The van der Waals surface area contributed by atoms with Gasteiger partial charge in [-0.05, 0) is 44.7 Å². The van der Waals surface area contributed by atoms with Gasteiger partial charge in [0.05, 0.1) is 12.6 Å². The second-order valence-corrected chi connectivity index (χ2v) is 11.7. The number of alkyl halides is 2. The van der Waals surface area contributed by atoms with Crippen LogP contribution < -0.4 is 20.9 Å². The van der Waals surface area contributed by atoms with Crippen LogP contribution in [0.5, 0.6) is 5.75 Å². The average Bonchev–Trinajstić information content (AvgIpc) is 3.03. The first-order valence-corrected chi connectivity index (χ1v) is 13.9. The van der Waals surface area contributed by atoms with Gasteiger partial charge >= 0.3 is 18.3 Å². The standard InChI is InChI=1S/C22H28F2N3O8PS/c1-13(2)33-20(30)14(3)26-36(37,35-15-7-5-4-6-8-15)32-12-22(24)19(29)18(23)16(34-22)11-27-10-9-17(28)25-21(27)31/h4-10,13-14,16,18-19,29H,11-12H2,1-3H3,(H,26,37)(H,25,28,31)/t14-,16+,18-,19+,22-,36-/m1/s1. The number of carbonyl (C=O) groups is 1. The topological polar surface area (TPSA) is 141 Å². The van der Waals surface area contributed by atoms with Crippen molar-refractivity contribution in [2.45, 2.75) is 63.7 Å². The molecule has 2 aromatic rings. The maximum atomic E-state index is 15.6. The number of rotatable bonds is 11. The summed E-state index contributed by atoms with van der Waals surface area (Å²) in [6.45, 7) is -0.486. The third-order valence-corrected chi connectivity index (χ3v) is 7.66. The number of nitrogens with one attached hydrogen (secondary N) is 2. The Kier molecular flexibility index (Phi) is 9.37. The highest BCUT2D eigenvalue weighted by Gasteiger charge is 2.57. The van der Waals surface area contributed by atoms with Gasteiger partial charge in [0, 0.05) is 12.3 Å². The Morgan fingerprint density at radius 3 is 2.59 bits per heavy atom. The molecule has 2 heterocycles. The second kappa shape index (κ2) is 11.9. The van der Waals surface area contributed by atoms with Crippen molar-refractivity contribution in [1.29, 1.82) is 0 Å². The van der Waals surface area contributed by atoms with Crippen LogP contribution in [0.15, 0.2) is 52.2 Å². The van der Waals surface area contributed by atoms with E-state index in [0.717, 1.165) is 16.8 Å². The van der Waals surface area contributed by atoms with Gasteiger partial charge in [-0.25, -0.2) is 18.7 Å². The van der Waals surface area contributed by atoms with E-state index in [2.05, 4.69) is 5.09 Å². The maximum Gasteiger partial charge on any atom is 0.328 e. The van der Waals surface area contributed by atoms with E-state index < -0.39 is 73.4 Å². The van der Waals surface area contributed by atoms with E-state index in [9.17, 15) is 23.9 Å². The molecule has 1 aromatic carbocycles. The Morgan fingerprint density at radius 2 is 1.97 bits per heavy atom. The molecule has 11 nitrogen and oxygen atoms in total. The summed E-state index contributed by atoms with van der Waals surface area (Å²) in [7, 11) is 0. The SMILES string of the molecule is CC(C)OC(=O)[C@@H](C)N[P@@](=S)(OC[C@@]1(F)O[C@@H](Cn2ccc(=O)[nH]c2=O)[C@@H](F)[C@@H]1O)Oc1ccccc1. The molecule has 204 valence electrons. The first-order chi connectivity index (χ1) is 17.3. The number of nitrogens with zero attached hydrogens (tertiary/aromatic N) is 1. The van der Waals surface area contributed by atoms with Gasteiger partial charge in [0.15, 0.2) is 6.17 Å². The van der Waals surface area contributed by atoms with E-state index in [4.69, 9.17) is 30.3 Å². The molecule has 6 atom stereocenters. The summed E-state index contributed by atoms with van der Waals surface area (Å²) in [4.78, 5) is 37.4. The molecular formula is C22H28F2N3O8PS. The summed E-state index contributed by atoms with van der Waals surface area (Å²) >= 11 is 5.48. The molecule has 3 rings (SSSR count). The van der Waals surface area contributed by atoms with Crippen molar-refractivity contribution in [2.75, 3.05) is 6.61 Å². The fraction of sp³-hybridized carbons (Fsp3) is 0.500. The number of para-hydroxylation sites is 1. The molecule has 1 saturated heterocycles. The zero-order valence-corrected chi connectivity index (χ0v) is 21.9. The van der Waals surface area contributed by atoms with E-state index in [1.54, 1.807) is 44.2 Å². The third-order valence-electron chi connectivity index (χ3n) is 5.18. The minimum atomic E-state index is -3.70. The van der Waals surface area contributed by atoms with Crippen molar-refractivity contribution in [3.05, 3.63) is 63.4 Å². The Labute approximate surface area is 215 Å². The van der Waals surface area contributed by atoms with E-state index in [0.29, 0.717) is 0 Å². The smallest absolute Gasteiger partial charge is 0.328 e. The van der Waals surface area contributed by atoms with Gasteiger partial charge in [0.25, 0.3) is 11.4 Å². The first kappa shape index (κ1) is 29.1.